The highest BCUT2D eigenvalue weighted by Crippen LogP contribution is 2.71. The molecule has 0 radical (unpaired) electrons. The lowest BCUT2D eigenvalue weighted by Crippen LogP contribution is -2.66. The minimum Gasteiger partial charge on any atom is -0.393 e. The smallest absolute Gasteiger partial charge is 0.265 e. The van der Waals surface area contributed by atoms with Crippen LogP contribution in [0.1, 0.15) is 99.3 Å². The van der Waals surface area contributed by atoms with Gasteiger partial charge in [-0.25, -0.2) is 0 Å². The van der Waals surface area contributed by atoms with Crippen molar-refractivity contribution >= 4 is 10.1 Å². The predicted molar refractivity (Wildman–Crippen MR) is 136 cm³/mol. The molecule has 0 aromatic rings. The van der Waals surface area contributed by atoms with E-state index < -0.39 is 15.7 Å². The SMILES string of the molecule is CC[C@@H]1[C@@H]2C[C@H](O)CC[C@]2(C)C2CC[C@@]3(C)C(CC[C@@H]3[C@@H](C)CC(C)CS(=O)(=O)O)C2[C@@]1(C)O. The van der Waals surface area contributed by atoms with E-state index in [4.69, 9.17) is 0 Å². The molecule has 198 valence electrons. The second kappa shape index (κ2) is 8.99. The molecule has 0 heterocycles. The lowest BCUT2D eigenvalue weighted by molar-refractivity contribution is -0.245. The molecular weight excluding hydrogens is 448 g/mol. The zero-order valence-electron chi connectivity index (χ0n) is 22.3. The van der Waals surface area contributed by atoms with E-state index in [1.54, 1.807) is 0 Å². The molecule has 0 bridgehead atoms. The van der Waals surface area contributed by atoms with Crippen LogP contribution in [-0.4, -0.2) is 40.6 Å². The van der Waals surface area contributed by atoms with Crippen LogP contribution in [0.5, 0.6) is 0 Å². The maximum Gasteiger partial charge on any atom is 0.265 e. The third kappa shape index (κ3) is 4.31. The quantitative estimate of drug-likeness (QED) is 0.417. The Hall–Kier alpha value is -0.170. The van der Waals surface area contributed by atoms with Crippen LogP contribution in [0.15, 0.2) is 0 Å². The van der Waals surface area contributed by atoms with Crippen LogP contribution in [0, 0.1) is 58.2 Å². The number of rotatable bonds is 6. The summed E-state index contributed by atoms with van der Waals surface area (Å²) < 4.78 is 32.1. The summed E-state index contributed by atoms with van der Waals surface area (Å²) in [4.78, 5) is 0. The highest BCUT2D eigenvalue weighted by atomic mass is 32.2. The predicted octanol–water partition coefficient (Wildman–Crippen LogP) is 5.55. The third-order valence-corrected chi connectivity index (χ3v) is 12.9. The lowest BCUT2D eigenvalue weighted by Gasteiger charge is -2.68. The minimum atomic E-state index is -3.94. The number of hydrogen-bond donors (Lipinski definition) is 3. The molecule has 0 saturated heterocycles. The molecule has 0 aromatic heterocycles. The van der Waals surface area contributed by atoms with E-state index in [9.17, 15) is 23.2 Å². The molecule has 34 heavy (non-hydrogen) atoms. The van der Waals surface area contributed by atoms with Gasteiger partial charge < -0.3 is 10.2 Å². The standard InChI is InChI=1S/C28H50O5S/c1-7-20-24-15-19(29)10-12-27(24,5)23-11-13-26(4)21(8-9-22(26)25(23)28(20,6)30)18(3)14-17(2)16-34(31,32)33/h17-25,29-30H,7-16H2,1-6H3,(H,31,32,33)/t17?,18-,19+,20+,21+,22?,23?,24-,25?,26+,27+,28-/m0/s1. The Morgan fingerprint density at radius 2 is 1.56 bits per heavy atom. The van der Waals surface area contributed by atoms with Gasteiger partial charge in [-0.3, -0.25) is 4.55 Å². The Balaban J connectivity index is 1.62. The van der Waals surface area contributed by atoms with Crippen molar-refractivity contribution in [1.29, 1.82) is 0 Å². The zero-order valence-corrected chi connectivity index (χ0v) is 23.2. The Labute approximate surface area is 208 Å². The van der Waals surface area contributed by atoms with Gasteiger partial charge in [-0.05, 0) is 116 Å². The Morgan fingerprint density at radius 3 is 2.18 bits per heavy atom. The van der Waals surface area contributed by atoms with Crippen LogP contribution in [-0.2, 0) is 10.1 Å². The molecule has 4 fully saturated rings. The molecule has 4 rings (SSSR count). The normalized spacial score (nSPS) is 50.7. The first-order chi connectivity index (χ1) is 15.6. The van der Waals surface area contributed by atoms with Crippen molar-refractivity contribution in [2.45, 2.75) is 111 Å². The third-order valence-electron chi connectivity index (χ3n) is 11.9. The summed E-state index contributed by atoms with van der Waals surface area (Å²) in [6.45, 7) is 13.5. The van der Waals surface area contributed by atoms with Crippen LogP contribution in [0.4, 0.5) is 0 Å². The molecule has 4 aliphatic carbocycles. The molecule has 0 aliphatic heterocycles. The molecule has 4 aliphatic rings. The first-order valence-corrected chi connectivity index (χ1v) is 15.6. The van der Waals surface area contributed by atoms with Gasteiger partial charge in [-0.15, -0.1) is 0 Å². The fourth-order valence-electron chi connectivity index (χ4n) is 10.7. The van der Waals surface area contributed by atoms with E-state index in [0.717, 1.165) is 51.4 Å². The van der Waals surface area contributed by atoms with Gasteiger partial charge in [0.05, 0.1) is 17.5 Å². The molecular formula is C28H50O5S. The van der Waals surface area contributed by atoms with E-state index >= 15 is 0 Å². The largest absolute Gasteiger partial charge is 0.393 e. The highest BCUT2D eigenvalue weighted by Gasteiger charge is 2.68. The van der Waals surface area contributed by atoms with Crippen LogP contribution < -0.4 is 0 Å². The molecule has 5 nitrogen and oxygen atoms in total. The topological polar surface area (TPSA) is 94.8 Å². The second-order valence-corrected chi connectivity index (χ2v) is 15.3. The van der Waals surface area contributed by atoms with Gasteiger partial charge in [0.15, 0.2) is 0 Å². The van der Waals surface area contributed by atoms with Gasteiger partial charge in [0.1, 0.15) is 0 Å². The summed E-state index contributed by atoms with van der Waals surface area (Å²) in [7, 11) is -3.94. The first kappa shape index (κ1) is 26.9. The fraction of sp³-hybridized carbons (Fsp3) is 1.00. The van der Waals surface area contributed by atoms with Crippen molar-refractivity contribution in [2.75, 3.05) is 5.75 Å². The summed E-state index contributed by atoms with van der Waals surface area (Å²) in [5.41, 5.74) is -0.358. The van der Waals surface area contributed by atoms with Gasteiger partial charge in [0.2, 0.25) is 0 Å². The van der Waals surface area contributed by atoms with Crippen LogP contribution in [0.25, 0.3) is 0 Å². The molecule has 6 heteroatoms. The van der Waals surface area contributed by atoms with Gasteiger partial charge in [-0.2, -0.15) is 8.42 Å². The van der Waals surface area contributed by atoms with Crippen LogP contribution in [0.2, 0.25) is 0 Å². The zero-order chi connectivity index (χ0) is 25.3. The maximum absolute atomic E-state index is 12.3. The van der Waals surface area contributed by atoms with E-state index in [1.165, 1.54) is 6.42 Å². The van der Waals surface area contributed by atoms with Crippen molar-refractivity contribution in [2.24, 2.45) is 58.2 Å². The maximum atomic E-state index is 12.3. The van der Waals surface area contributed by atoms with Crippen molar-refractivity contribution in [3.05, 3.63) is 0 Å². The fourth-order valence-corrected chi connectivity index (χ4v) is 11.5. The van der Waals surface area contributed by atoms with Crippen molar-refractivity contribution in [1.82, 2.24) is 0 Å². The minimum absolute atomic E-state index is 0.0559. The Bertz CT molecular complexity index is 855. The van der Waals surface area contributed by atoms with Gasteiger partial charge in [0.25, 0.3) is 10.1 Å². The van der Waals surface area contributed by atoms with E-state index in [2.05, 4.69) is 34.6 Å². The summed E-state index contributed by atoms with van der Waals surface area (Å²) in [5, 5.41) is 22.8. The lowest BCUT2D eigenvalue weighted by atomic mass is 9.38. The summed E-state index contributed by atoms with van der Waals surface area (Å²) in [6.07, 6.45) is 8.97. The number of aliphatic hydroxyl groups excluding tert-OH is 1. The summed E-state index contributed by atoms with van der Waals surface area (Å²) in [6, 6.07) is 0. The average molecular weight is 499 g/mol. The monoisotopic (exact) mass is 498 g/mol. The molecule has 0 amide bonds. The summed E-state index contributed by atoms with van der Waals surface area (Å²) >= 11 is 0. The number of aliphatic hydroxyl groups is 2. The van der Waals surface area contributed by atoms with Gasteiger partial charge in [0, 0.05) is 0 Å². The van der Waals surface area contributed by atoms with Crippen molar-refractivity contribution in [3.8, 4) is 0 Å². The molecule has 4 unspecified atom stereocenters. The average Bonchev–Trinajstić information content (AvgIpc) is 3.05. The van der Waals surface area contributed by atoms with Crippen LogP contribution in [0.3, 0.4) is 0 Å². The molecule has 12 atom stereocenters. The second-order valence-electron chi connectivity index (χ2n) is 13.8. The van der Waals surface area contributed by atoms with Gasteiger partial charge >= 0.3 is 0 Å². The number of hydrogen-bond acceptors (Lipinski definition) is 4. The van der Waals surface area contributed by atoms with Crippen molar-refractivity contribution in [3.63, 3.8) is 0 Å². The molecule has 3 N–H and O–H groups in total. The molecule has 4 saturated carbocycles. The van der Waals surface area contributed by atoms with E-state index in [0.29, 0.717) is 35.5 Å². The molecule has 0 spiro atoms. The Kier molecular flexibility index (Phi) is 7.11. The molecule has 0 aromatic carbocycles. The van der Waals surface area contributed by atoms with Crippen LogP contribution >= 0.6 is 0 Å². The first-order valence-electron chi connectivity index (χ1n) is 14.0. The van der Waals surface area contributed by atoms with E-state index in [-0.39, 0.29) is 34.5 Å². The van der Waals surface area contributed by atoms with Crippen molar-refractivity contribution < 1.29 is 23.2 Å². The van der Waals surface area contributed by atoms with Gasteiger partial charge in [-0.1, -0.05) is 41.0 Å². The summed E-state index contributed by atoms with van der Waals surface area (Å²) in [5.74, 6) is 2.61. The van der Waals surface area contributed by atoms with E-state index in [1.807, 2.05) is 6.92 Å². The Morgan fingerprint density at radius 1 is 0.941 bits per heavy atom. The number of fused-ring (bicyclic) bond motifs is 5. The highest BCUT2D eigenvalue weighted by molar-refractivity contribution is 7.85.